The number of anilines is 1. The van der Waals surface area contributed by atoms with E-state index in [1.807, 2.05) is 0 Å². The van der Waals surface area contributed by atoms with Crippen molar-refractivity contribution in [1.29, 1.82) is 0 Å². The van der Waals surface area contributed by atoms with Crippen molar-refractivity contribution in [2.75, 3.05) is 11.2 Å². The number of carbonyl (C=O) groups is 2. The second-order valence-corrected chi connectivity index (χ2v) is 11.1. The molecule has 0 bridgehead atoms. The van der Waals surface area contributed by atoms with Crippen LogP contribution >= 0.6 is 0 Å². The molecule has 0 saturated heterocycles. The summed E-state index contributed by atoms with van der Waals surface area (Å²) in [5, 5.41) is 14.7. The van der Waals surface area contributed by atoms with E-state index in [4.69, 9.17) is 4.52 Å². The van der Waals surface area contributed by atoms with Crippen LogP contribution in [0.25, 0.3) is 11.3 Å². The van der Waals surface area contributed by atoms with Crippen molar-refractivity contribution in [3.63, 3.8) is 0 Å². The Balaban J connectivity index is 1.92. The quantitative estimate of drug-likeness (QED) is 0.580. The van der Waals surface area contributed by atoms with Gasteiger partial charge >= 0.3 is 0 Å². The Bertz CT molecular complexity index is 1400. The molecule has 0 aliphatic carbocycles. The van der Waals surface area contributed by atoms with Gasteiger partial charge in [-0.05, 0) is 23.8 Å². The second-order valence-electron chi connectivity index (χ2n) is 9.16. The first-order chi connectivity index (χ1) is 15.9. The molecule has 2 aromatic carbocycles. The first-order valence-corrected chi connectivity index (χ1v) is 12.4. The Morgan fingerprint density at radius 1 is 1.06 bits per heavy atom. The molecule has 1 aromatic heterocycles. The summed E-state index contributed by atoms with van der Waals surface area (Å²) in [6, 6.07) is 13.5. The maximum atomic E-state index is 13.4. The van der Waals surface area contributed by atoms with Gasteiger partial charge in [0.25, 0.3) is 5.91 Å². The average molecular weight is 481 g/mol. The van der Waals surface area contributed by atoms with Crippen LogP contribution in [0, 0.1) is 5.41 Å². The van der Waals surface area contributed by atoms with Gasteiger partial charge in [0.15, 0.2) is 21.4 Å². The van der Waals surface area contributed by atoms with Gasteiger partial charge in [-0.3, -0.25) is 14.5 Å². The van der Waals surface area contributed by atoms with Crippen LogP contribution < -0.4 is 4.90 Å². The highest BCUT2D eigenvalue weighted by Crippen LogP contribution is 2.45. The summed E-state index contributed by atoms with van der Waals surface area (Å²) in [4.78, 5) is 27.9. The number of Topliss-reactive ketones (excluding diaryl/α,β-unsaturated/α-hetero) is 1. The molecule has 8 nitrogen and oxygen atoms in total. The van der Waals surface area contributed by atoms with Crippen LogP contribution in [0.3, 0.4) is 0 Å². The Hall–Kier alpha value is -3.72. The molecular weight excluding hydrogens is 456 g/mol. The van der Waals surface area contributed by atoms with Gasteiger partial charge in [0.2, 0.25) is 0 Å². The highest BCUT2D eigenvalue weighted by atomic mass is 32.2. The molecule has 1 N–H and O–H groups in total. The molecule has 1 atom stereocenters. The van der Waals surface area contributed by atoms with Crippen molar-refractivity contribution in [3.8, 4) is 11.3 Å². The fourth-order valence-corrected chi connectivity index (χ4v) is 4.93. The van der Waals surface area contributed by atoms with E-state index in [-0.39, 0.29) is 16.0 Å². The highest BCUT2D eigenvalue weighted by molar-refractivity contribution is 7.90. The smallest absolute Gasteiger partial charge is 0.294 e. The summed E-state index contributed by atoms with van der Waals surface area (Å²) in [6.07, 6.45) is 2.51. The monoisotopic (exact) mass is 480 g/mol. The molecule has 4 rings (SSSR count). The molecule has 0 saturated carbocycles. The number of carbonyl (C=O) groups excluding carboxylic acids is 2. The van der Waals surface area contributed by atoms with Gasteiger partial charge in [0.05, 0.1) is 16.5 Å². The lowest BCUT2D eigenvalue weighted by atomic mass is 9.82. The van der Waals surface area contributed by atoms with Crippen molar-refractivity contribution in [3.05, 3.63) is 77.8 Å². The fraction of sp³-hybridized carbons (Fsp3) is 0.240. The van der Waals surface area contributed by atoms with E-state index >= 15 is 0 Å². The van der Waals surface area contributed by atoms with Crippen LogP contribution in [0.2, 0.25) is 0 Å². The van der Waals surface area contributed by atoms with Crippen molar-refractivity contribution < 1.29 is 27.6 Å². The Morgan fingerprint density at radius 3 is 2.26 bits per heavy atom. The fourth-order valence-electron chi connectivity index (χ4n) is 4.00. The van der Waals surface area contributed by atoms with E-state index in [1.165, 1.54) is 17.2 Å². The van der Waals surface area contributed by atoms with E-state index < -0.39 is 38.7 Å². The third-order valence-corrected chi connectivity index (χ3v) is 6.80. The van der Waals surface area contributed by atoms with Crippen molar-refractivity contribution in [2.24, 2.45) is 5.41 Å². The van der Waals surface area contributed by atoms with Crippen LogP contribution in [0.1, 0.15) is 32.4 Å². The summed E-state index contributed by atoms with van der Waals surface area (Å²) >= 11 is 0. The molecule has 0 radical (unpaired) electrons. The van der Waals surface area contributed by atoms with Gasteiger partial charge in [-0.1, -0.05) is 56.3 Å². The molecule has 0 spiro atoms. The molecule has 0 fully saturated rings. The van der Waals surface area contributed by atoms with Crippen molar-refractivity contribution >= 4 is 27.2 Å². The number of rotatable bonds is 5. The first kappa shape index (κ1) is 23.4. The summed E-state index contributed by atoms with van der Waals surface area (Å²) in [5.41, 5.74) is 0.899. The van der Waals surface area contributed by atoms with Gasteiger partial charge in [0.1, 0.15) is 12.0 Å². The summed E-state index contributed by atoms with van der Waals surface area (Å²) in [7, 11) is -3.70. The van der Waals surface area contributed by atoms with Crippen molar-refractivity contribution in [1.82, 2.24) is 5.16 Å². The lowest BCUT2D eigenvalue weighted by Crippen LogP contribution is -2.33. The number of sulfone groups is 1. The summed E-state index contributed by atoms with van der Waals surface area (Å²) < 4.78 is 30.0. The molecule has 1 aliphatic heterocycles. The Morgan fingerprint density at radius 2 is 1.71 bits per heavy atom. The predicted molar refractivity (Wildman–Crippen MR) is 126 cm³/mol. The SMILES string of the molecule is CC(C)(C)C(=O)C1=C(O)C(=O)N(c2ccc(-c3ccon3)cc2)C1c1ccccc1S(C)(=O)=O. The van der Waals surface area contributed by atoms with Crippen LogP contribution in [0.15, 0.2) is 81.6 Å². The number of nitrogens with zero attached hydrogens (tertiary/aromatic N) is 2. The second kappa shape index (κ2) is 8.25. The van der Waals surface area contributed by atoms with Crippen LogP contribution in [-0.2, 0) is 19.4 Å². The first-order valence-electron chi connectivity index (χ1n) is 10.5. The van der Waals surface area contributed by atoms with Gasteiger partial charge in [-0.25, -0.2) is 8.42 Å². The lowest BCUT2D eigenvalue weighted by molar-refractivity contribution is -0.123. The molecular formula is C25H24N2O6S. The minimum atomic E-state index is -3.70. The van der Waals surface area contributed by atoms with Gasteiger partial charge in [0, 0.05) is 29.0 Å². The van der Waals surface area contributed by atoms with Crippen molar-refractivity contribution in [2.45, 2.75) is 31.7 Å². The standard InChI is InChI=1S/C25H24N2O6S/c1-25(2,3)23(29)20-21(17-7-5-6-8-19(17)34(4,31)32)27(24(30)22(20)28)16-11-9-15(10-12-16)18-13-14-33-26-18/h5-14,21,28H,1-4H3. The average Bonchev–Trinajstić information content (AvgIpc) is 3.40. The number of aliphatic hydroxyl groups is 1. The summed E-state index contributed by atoms with van der Waals surface area (Å²) in [5.74, 6) is -1.92. The van der Waals surface area contributed by atoms with Gasteiger partial charge in [-0.2, -0.15) is 0 Å². The molecule has 176 valence electrons. The van der Waals surface area contributed by atoms with E-state index in [9.17, 15) is 23.1 Å². The molecule has 1 unspecified atom stereocenters. The number of amides is 1. The van der Waals surface area contributed by atoms with E-state index in [0.29, 0.717) is 11.4 Å². The number of hydrogen-bond acceptors (Lipinski definition) is 7. The Kier molecular flexibility index (Phi) is 5.69. The van der Waals surface area contributed by atoms with E-state index in [0.717, 1.165) is 11.8 Å². The minimum absolute atomic E-state index is 0.0223. The topological polar surface area (TPSA) is 118 Å². The third kappa shape index (κ3) is 4.03. The molecule has 1 aliphatic rings. The third-order valence-electron chi connectivity index (χ3n) is 5.63. The Labute approximate surface area is 197 Å². The number of aromatic nitrogens is 1. The zero-order chi connectivity index (χ0) is 24.8. The summed E-state index contributed by atoms with van der Waals surface area (Å²) in [6.45, 7) is 5.03. The minimum Gasteiger partial charge on any atom is -0.503 e. The highest BCUT2D eigenvalue weighted by Gasteiger charge is 2.47. The molecule has 34 heavy (non-hydrogen) atoms. The number of ketones is 1. The number of aliphatic hydroxyl groups excluding tert-OH is 1. The molecule has 2 heterocycles. The zero-order valence-corrected chi connectivity index (χ0v) is 20.0. The van der Waals surface area contributed by atoms with E-state index in [1.54, 1.807) is 69.3 Å². The van der Waals surface area contributed by atoms with Gasteiger partial charge in [-0.15, -0.1) is 0 Å². The lowest BCUT2D eigenvalue weighted by Gasteiger charge is -2.30. The van der Waals surface area contributed by atoms with Crippen LogP contribution in [0.4, 0.5) is 5.69 Å². The van der Waals surface area contributed by atoms with Crippen LogP contribution in [-0.4, -0.2) is 36.6 Å². The molecule has 3 aromatic rings. The largest absolute Gasteiger partial charge is 0.503 e. The molecule has 9 heteroatoms. The number of hydrogen-bond donors (Lipinski definition) is 1. The normalized spacial score (nSPS) is 16.9. The van der Waals surface area contributed by atoms with E-state index in [2.05, 4.69) is 5.16 Å². The van der Waals surface area contributed by atoms with Gasteiger partial charge < -0.3 is 9.63 Å². The molecule has 1 amide bonds. The maximum absolute atomic E-state index is 13.4. The predicted octanol–water partition coefficient (Wildman–Crippen LogP) is 4.26. The number of benzene rings is 2. The maximum Gasteiger partial charge on any atom is 0.294 e. The van der Waals surface area contributed by atoms with Crippen LogP contribution in [0.5, 0.6) is 0 Å². The zero-order valence-electron chi connectivity index (χ0n) is 19.1.